The van der Waals surface area contributed by atoms with Crippen molar-refractivity contribution in [2.75, 3.05) is 0 Å². The van der Waals surface area contributed by atoms with Crippen LogP contribution in [-0.4, -0.2) is 17.7 Å². The van der Waals surface area contributed by atoms with Crippen molar-refractivity contribution >= 4 is 11.7 Å². The summed E-state index contributed by atoms with van der Waals surface area (Å²) in [5, 5.41) is 2.72. The fourth-order valence-corrected chi connectivity index (χ4v) is 1.35. The highest BCUT2D eigenvalue weighted by atomic mass is 16.2. The molecular weight excluding hydrogens is 202 g/mol. The highest BCUT2D eigenvalue weighted by Gasteiger charge is 2.28. The zero-order valence-corrected chi connectivity index (χ0v) is 11.0. The molecule has 0 bridgehead atoms. The second-order valence-electron chi connectivity index (χ2n) is 4.16. The molecule has 0 unspecified atom stereocenters. The summed E-state index contributed by atoms with van der Waals surface area (Å²) in [4.78, 5) is 22.8. The number of ketones is 1. The number of Topliss-reactive ketones (excluding diaryl/α,β-unsaturated/α-hetero) is 1. The van der Waals surface area contributed by atoms with Crippen LogP contribution in [0.2, 0.25) is 0 Å². The second-order valence-corrected chi connectivity index (χ2v) is 4.16. The lowest BCUT2D eigenvalue weighted by atomic mass is 9.99. The summed E-state index contributed by atoms with van der Waals surface area (Å²) in [5.41, 5.74) is 0. The Morgan fingerprint density at radius 3 is 2.31 bits per heavy atom. The van der Waals surface area contributed by atoms with Crippen molar-refractivity contribution in [1.82, 2.24) is 5.32 Å². The highest BCUT2D eigenvalue weighted by Crippen LogP contribution is 2.19. The van der Waals surface area contributed by atoms with E-state index < -0.39 is 0 Å². The summed E-state index contributed by atoms with van der Waals surface area (Å²) in [6.07, 6.45) is 4.98. The van der Waals surface area contributed by atoms with Crippen molar-refractivity contribution in [1.29, 1.82) is 0 Å². The normalized spacial score (nSPS) is 15.8. The van der Waals surface area contributed by atoms with Crippen LogP contribution >= 0.6 is 0 Å². The molecule has 1 aliphatic rings. The molecule has 0 aliphatic heterocycles. The zero-order chi connectivity index (χ0) is 12.6. The van der Waals surface area contributed by atoms with Crippen molar-refractivity contribution in [3.63, 3.8) is 0 Å². The number of hydrogen-bond acceptors (Lipinski definition) is 2. The van der Waals surface area contributed by atoms with E-state index in [9.17, 15) is 9.59 Å². The fourth-order valence-electron chi connectivity index (χ4n) is 1.35. The van der Waals surface area contributed by atoms with Gasteiger partial charge < -0.3 is 5.32 Å². The molecular formula is C13H25NO2. The van der Waals surface area contributed by atoms with Crippen molar-refractivity contribution in [2.45, 2.75) is 65.8 Å². The van der Waals surface area contributed by atoms with E-state index >= 15 is 0 Å². The zero-order valence-electron chi connectivity index (χ0n) is 11.0. The average Bonchev–Trinajstić information content (AvgIpc) is 3.11. The molecule has 1 rings (SSSR count). The maximum Gasteiger partial charge on any atom is 0.287 e. The number of unbranched alkanes of at least 4 members (excludes halogenated alkanes) is 1. The van der Waals surface area contributed by atoms with Gasteiger partial charge in [-0.1, -0.05) is 40.5 Å². The van der Waals surface area contributed by atoms with Gasteiger partial charge in [0, 0.05) is 12.0 Å². The van der Waals surface area contributed by atoms with Gasteiger partial charge in [-0.25, -0.2) is 0 Å². The Morgan fingerprint density at radius 1 is 1.31 bits per heavy atom. The van der Waals surface area contributed by atoms with Crippen molar-refractivity contribution in [3.05, 3.63) is 0 Å². The number of carbonyl (C=O) groups is 2. The molecule has 1 saturated carbocycles. The van der Waals surface area contributed by atoms with Gasteiger partial charge in [-0.3, -0.25) is 9.59 Å². The molecule has 3 heteroatoms. The predicted octanol–water partition coefficient (Wildman–Crippen LogP) is 2.69. The van der Waals surface area contributed by atoms with Crippen LogP contribution < -0.4 is 5.32 Å². The van der Waals surface area contributed by atoms with Gasteiger partial charge in [0.2, 0.25) is 5.78 Å². The fraction of sp³-hybridized carbons (Fsp3) is 0.846. The van der Waals surface area contributed by atoms with Crippen LogP contribution in [0.4, 0.5) is 0 Å². The topological polar surface area (TPSA) is 46.2 Å². The van der Waals surface area contributed by atoms with E-state index in [2.05, 4.69) is 12.2 Å². The summed E-state index contributed by atoms with van der Waals surface area (Å²) in [6.45, 7) is 7.92. The van der Waals surface area contributed by atoms with Gasteiger partial charge in [0.05, 0.1) is 0 Å². The van der Waals surface area contributed by atoms with Crippen LogP contribution in [0, 0.1) is 5.92 Å². The summed E-state index contributed by atoms with van der Waals surface area (Å²) < 4.78 is 0. The number of carbonyl (C=O) groups excluding carboxylic acids is 2. The first-order valence-corrected chi connectivity index (χ1v) is 6.49. The maximum absolute atomic E-state index is 11.5. The van der Waals surface area contributed by atoms with Crippen molar-refractivity contribution < 1.29 is 9.59 Å². The Bertz CT molecular complexity index is 222. The molecule has 0 aromatic carbocycles. The second kappa shape index (κ2) is 8.31. The lowest BCUT2D eigenvalue weighted by molar-refractivity contribution is -0.140. The van der Waals surface area contributed by atoms with Crippen LogP contribution in [0.1, 0.15) is 59.8 Å². The summed E-state index contributed by atoms with van der Waals surface area (Å²) in [5.74, 6) is -0.741. The van der Waals surface area contributed by atoms with Gasteiger partial charge in [0.15, 0.2) is 0 Å². The first-order chi connectivity index (χ1) is 7.65. The van der Waals surface area contributed by atoms with Gasteiger partial charge in [-0.15, -0.1) is 0 Å². The Morgan fingerprint density at radius 2 is 1.88 bits per heavy atom. The molecule has 1 N–H and O–H groups in total. The van der Waals surface area contributed by atoms with E-state index in [-0.39, 0.29) is 23.7 Å². The van der Waals surface area contributed by atoms with E-state index in [0.29, 0.717) is 0 Å². The molecule has 16 heavy (non-hydrogen) atoms. The quantitative estimate of drug-likeness (QED) is 0.709. The predicted molar refractivity (Wildman–Crippen MR) is 66.2 cm³/mol. The van der Waals surface area contributed by atoms with Crippen molar-refractivity contribution in [2.24, 2.45) is 5.92 Å². The smallest absolute Gasteiger partial charge is 0.287 e. The SMILES string of the molecule is CC.CCCC[C@H](C)C(=O)C(=O)NC1CC1. The first kappa shape index (κ1) is 15.1. The van der Waals surface area contributed by atoms with Gasteiger partial charge in [-0.05, 0) is 19.3 Å². The van der Waals surface area contributed by atoms with Crippen LogP contribution in [0.25, 0.3) is 0 Å². The van der Waals surface area contributed by atoms with Crippen LogP contribution in [0.15, 0.2) is 0 Å². The van der Waals surface area contributed by atoms with E-state index in [1.54, 1.807) is 0 Å². The Kier molecular flexibility index (Phi) is 7.86. The standard InChI is InChI=1S/C11H19NO2.C2H6/c1-3-4-5-8(2)10(13)11(14)12-9-6-7-9;1-2/h8-9H,3-7H2,1-2H3,(H,12,14);1-2H3/t8-;/m0./s1. The molecule has 0 heterocycles. The molecule has 0 aromatic heterocycles. The molecule has 1 amide bonds. The number of amides is 1. The van der Waals surface area contributed by atoms with E-state index in [1.165, 1.54) is 0 Å². The lowest BCUT2D eigenvalue weighted by Crippen LogP contribution is -2.35. The third-order valence-electron chi connectivity index (χ3n) is 2.57. The van der Waals surface area contributed by atoms with Crippen molar-refractivity contribution in [3.8, 4) is 0 Å². The van der Waals surface area contributed by atoms with Gasteiger partial charge >= 0.3 is 0 Å². The van der Waals surface area contributed by atoms with Crippen LogP contribution in [0.3, 0.4) is 0 Å². The largest absolute Gasteiger partial charge is 0.347 e. The van der Waals surface area contributed by atoms with Crippen LogP contribution in [0.5, 0.6) is 0 Å². The molecule has 1 atom stereocenters. The molecule has 0 aromatic rings. The molecule has 0 saturated heterocycles. The highest BCUT2D eigenvalue weighted by molar-refractivity contribution is 6.36. The van der Waals surface area contributed by atoms with Crippen LogP contribution in [-0.2, 0) is 9.59 Å². The lowest BCUT2D eigenvalue weighted by Gasteiger charge is -2.09. The molecule has 0 spiro atoms. The summed E-state index contributed by atoms with van der Waals surface area (Å²) in [7, 11) is 0. The van der Waals surface area contributed by atoms with E-state index in [4.69, 9.17) is 0 Å². The Labute approximate surface area is 99.0 Å². The van der Waals surface area contributed by atoms with Gasteiger partial charge in [0.25, 0.3) is 5.91 Å². The van der Waals surface area contributed by atoms with E-state index in [0.717, 1.165) is 32.1 Å². The Balaban J connectivity index is 0.00000106. The minimum Gasteiger partial charge on any atom is -0.347 e. The maximum atomic E-state index is 11.5. The summed E-state index contributed by atoms with van der Waals surface area (Å²) in [6, 6.07) is 0.282. The monoisotopic (exact) mass is 227 g/mol. The minimum atomic E-state index is -0.379. The molecule has 94 valence electrons. The molecule has 1 fully saturated rings. The minimum absolute atomic E-state index is 0.117. The average molecular weight is 227 g/mol. The third kappa shape index (κ3) is 5.89. The first-order valence-electron chi connectivity index (χ1n) is 6.49. The third-order valence-corrected chi connectivity index (χ3v) is 2.57. The molecule has 1 aliphatic carbocycles. The Hall–Kier alpha value is -0.860. The van der Waals surface area contributed by atoms with Gasteiger partial charge in [-0.2, -0.15) is 0 Å². The molecule has 3 nitrogen and oxygen atoms in total. The van der Waals surface area contributed by atoms with Gasteiger partial charge in [0.1, 0.15) is 0 Å². The number of rotatable bonds is 6. The summed E-state index contributed by atoms with van der Waals surface area (Å²) >= 11 is 0. The van der Waals surface area contributed by atoms with E-state index in [1.807, 2.05) is 20.8 Å². The number of nitrogens with one attached hydrogen (secondary N) is 1. The molecule has 0 radical (unpaired) electrons. The number of hydrogen-bond donors (Lipinski definition) is 1.